The highest BCUT2D eigenvalue weighted by molar-refractivity contribution is 7.15. The van der Waals surface area contributed by atoms with Crippen LogP contribution in [0.4, 0.5) is 0 Å². The van der Waals surface area contributed by atoms with Crippen molar-refractivity contribution in [2.24, 2.45) is 11.0 Å². The molecule has 0 spiro atoms. The molecule has 6 heteroatoms. The lowest BCUT2D eigenvalue weighted by Crippen LogP contribution is -2.20. The van der Waals surface area contributed by atoms with Crippen LogP contribution in [-0.4, -0.2) is 21.5 Å². The summed E-state index contributed by atoms with van der Waals surface area (Å²) >= 11 is 1.55. The number of carbonyl (C=O) groups is 1. The van der Waals surface area contributed by atoms with E-state index in [2.05, 4.69) is 29.4 Å². The molecule has 1 N–H and O–H groups in total. The van der Waals surface area contributed by atoms with Crippen LogP contribution >= 0.6 is 11.3 Å². The van der Waals surface area contributed by atoms with Crippen LogP contribution in [0.5, 0.6) is 0 Å². The van der Waals surface area contributed by atoms with Crippen LogP contribution in [0.1, 0.15) is 32.4 Å². The first kappa shape index (κ1) is 13.7. The monoisotopic (exact) mass is 278 g/mol. The van der Waals surface area contributed by atoms with Crippen LogP contribution in [0.2, 0.25) is 0 Å². The maximum absolute atomic E-state index is 11.7. The van der Waals surface area contributed by atoms with Gasteiger partial charge in [0.1, 0.15) is 0 Å². The van der Waals surface area contributed by atoms with Gasteiger partial charge >= 0.3 is 0 Å². The first-order valence-electron chi connectivity index (χ1n) is 6.46. The van der Waals surface area contributed by atoms with Crippen molar-refractivity contribution in [1.29, 1.82) is 0 Å². The summed E-state index contributed by atoms with van der Waals surface area (Å²) in [6, 6.07) is 0. The normalized spacial score (nSPS) is 11.7. The number of hydrogen-bond acceptors (Lipinski definition) is 4. The fraction of sp³-hybridized carbons (Fsp3) is 0.462. The van der Waals surface area contributed by atoms with Crippen LogP contribution in [0.3, 0.4) is 0 Å². The molecule has 0 aliphatic carbocycles. The lowest BCUT2D eigenvalue weighted by molar-refractivity contribution is -0.120. The van der Waals surface area contributed by atoms with Gasteiger partial charge in [0.15, 0.2) is 4.96 Å². The van der Waals surface area contributed by atoms with Crippen LogP contribution in [0.15, 0.2) is 22.9 Å². The van der Waals surface area contributed by atoms with Crippen molar-refractivity contribution in [3.63, 3.8) is 0 Å². The van der Waals surface area contributed by atoms with Gasteiger partial charge in [-0.05, 0) is 18.8 Å². The third kappa shape index (κ3) is 3.64. The number of fused-ring (bicyclic) bond motifs is 1. The van der Waals surface area contributed by atoms with Gasteiger partial charge < -0.3 is 0 Å². The van der Waals surface area contributed by atoms with Gasteiger partial charge in [0, 0.05) is 24.0 Å². The molecule has 2 aromatic heterocycles. The van der Waals surface area contributed by atoms with E-state index in [9.17, 15) is 4.79 Å². The molecule has 0 fully saturated rings. The van der Waals surface area contributed by atoms with Crippen molar-refractivity contribution < 1.29 is 4.79 Å². The Kier molecular flexibility index (Phi) is 4.68. The van der Waals surface area contributed by atoms with Crippen molar-refractivity contribution in [1.82, 2.24) is 14.8 Å². The van der Waals surface area contributed by atoms with E-state index in [1.807, 2.05) is 28.4 Å². The molecule has 0 unspecified atom stereocenters. The van der Waals surface area contributed by atoms with Gasteiger partial charge in [0.25, 0.3) is 0 Å². The molecule has 0 aliphatic heterocycles. The van der Waals surface area contributed by atoms with Crippen molar-refractivity contribution in [2.45, 2.75) is 33.1 Å². The van der Waals surface area contributed by atoms with Crippen LogP contribution < -0.4 is 5.43 Å². The van der Waals surface area contributed by atoms with Gasteiger partial charge in [0.2, 0.25) is 5.91 Å². The molecule has 2 aromatic rings. The van der Waals surface area contributed by atoms with E-state index in [0.717, 1.165) is 23.5 Å². The van der Waals surface area contributed by atoms with E-state index < -0.39 is 0 Å². The van der Waals surface area contributed by atoms with E-state index in [1.54, 1.807) is 11.3 Å². The number of nitrogens with zero attached hydrogens (tertiary/aromatic N) is 3. The molecule has 19 heavy (non-hydrogen) atoms. The fourth-order valence-corrected chi connectivity index (χ4v) is 2.50. The molecule has 2 rings (SSSR count). The molecule has 0 saturated carbocycles. The van der Waals surface area contributed by atoms with Gasteiger partial charge in [-0.15, -0.1) is 11.3 Å². The first-order chi connectivity index (χ1) is 9.22. The largest absolute Gasteiger partial charge is 0.297 e. The van der Waals surface area contributed by atoms with Crippen molar-refractivity contribution in [3.8, 4) is 0 Å². The summed E-state index contributed by atoms with van der Waals surface area (Å²) < 4.78 is 1.92. The number of imidazole rings is 1. The second kappa shape index (κ2) is 6.47. The Hall–Kier alpha value is -1.69. The molecule has 0 saturated heterocycles. The number of rotatable bonds is 6. The van der Waals surface area contributed by atoms with Crippen molar-refractivity contribution >= 4 is 28.4 Å². The zero-order valence-corrected chi connectivity index (χ0v) is 12.0. The fourth-order valence-electron chi connectivity index (χ4n) is 1.78. The number of hydrogen-bond donors (Lipinski definition) is 1. The van der Waals surface area contributed by atoms with E-state index in [0.29, 0.717) is 5.92 Å². The molecule has 5 nitrogen and oxygen atoms in total. The minimum Gasteiger partial charge on any atom is -0.297 e. The maximum atomic E-state index is 11.7. The molecule has 0 atom stereocenters. The van der Waals surface area contributed by atoms with E-state index in [4.69, 9.17) is 0 Å². The number of nitrogens with one attached hydrogen (secondary N) is 1. The standard InChI is InChI=1S/C13H18N4OS/c1-3-10(4-2)8-14-16-12(18)7-11-9-17-5-6-19-13(17)15-11/h5-6,8-10H,3-4,7H2,1-2H3,(H,16,18). The summed E-state index contributed by atoms with van der Waals surface area (Å²) in [6.07, 6.45) is 7.94. The molecule has 102 valence electrons. The highest BCUT2D eigenvalue weighted by atomic mass is 32.1. The topological polar surface area (TPSA) is 58.8 Å². The van der Waals surface area contributed by atoms with Crippen molar-refractivity contribution in [3.05, 3.63) is 23.5 Å². The summed E-state index contributed by atoms with van der Waals surface area (Å²) in [5.41, 5.74) is 3.32. The van der Waals surface area contributed by atoms with E-state index >= 15 is 0 Å². The Labute approximate surface area is 116 Å². The number of hydrazone groups is 1. The molecule has 1 amide bonds. The molecule has 0 aliphatic rings. The van der Waals surface area contributed by atoms with Crippen LogP contribution in [0, 0.1) is 5.92 Å². The number of amides is 1. The Bertz CT molecular complexity index is 539. The molecule has 2 heterocycles. The maximum Gasteiger partial charge on any atom is 0.246 e. The summed E-state index contributed by atoms with van der Waals surface area (Å²) in [4.78, 5) is 17.0. The minimum atomic E-state index is -0.132. The average Bonchev–Trinajstić information content (AvgIpc) is 2.95. The Morgan fingerprint density at radius 1 is 1.58 bits per heavy atom. The number of thiazole rings is 1. The van der Waals surface area contributed by atoms with E-state index in [-0.39, 0.29) is 12.3 Å². The van der Waals surface area contributed by atoms with Gasteiger partial charge in [-0.3, -0.25) is 9.20 Å². The first-order valence-corrected chi connectivity index (χ1v) is 7.34. The Balaban J connectivity index is 1.86. The second-order valence-electron chi connectivity index (χ2n) is 4.39. The predicted molar refractivity (Wildman–Crippen MR) is 77.5 cm³/mol. The van der Waals surface area contributed by atoms with Crippen LogP contribution in [-0.2, 0) is 11.2 Å². The van der Waals surface area contributed by atoms with E-state index in [1.165, 1.54) is 0 Å². The predicted octanol–water partition coefficient (Wildman–Crippen LogP) is 2.48. The summed E-state index contributed by atoms with van der Waals surface area (Å²) in [7, 11) is 0. The third-order valence-electron chi connectivity index (χ3n) is 3.01. The zero-order valence-electron chi connectivity index (χ0n) is 11.2. The smallest absolute Gasteiger partial charge is 0.246 e. The zero-order chi connectivity index (χ0) is 13.7. The van der Waals surface area contributed by atoms with Crippen molar-refractivity contribution in [2.75, 3.05) is 0 Å². The lowest BCUT2D eigenvalue weighted by atomic mass is 10.1. The van der Waals surface area contributed by atoms with Gasteiger partial charge in [-0.25, -0.2) is 10.4 Å². The van der Waals surface area contributed by atoms with Gasteiger partial charge in [-0.1, -0.05) is 13.8 Å². The Morgan fingerprint density at radius 3 is 3.05 bits per heavy atom. The molecule has 0 bridgehead atoms. The number of aromatic nitrogens is 2. The van der Waals surface area contributed by atoms with Gasteiger partial charge in [0.05, 0.1) is 12.1 Å². The lowest BCUT2D eigenvalue weighted by Gasteiger charge is -2.04. The Morgan fingerprint density at radius 2 is 2.37 bits per heavy atom. The highest BCUT2D eigenvalue weighted by Crippen LogP contribution is 2.11. The second-order valence-corrected chi connectivity index (χ2v) is 5.26. The average molecular weight is 278 g/mol. The molecular weight excluding hydrogens is 260 g/mol. The summed E-state index contributed by atoms with van der Waals surface area (Å²) in [5, 5.41) is 5.96. The number of carbonyl (C=O) groups excluding carboxylic acids is 1. The molecule has 0 radical (unpaired) electrons. The quantitative estimate of drug-likeness (QED) is 0.652. The third-order valence-corrected chi connectivity index (χ3v) is 3.78. The summed E-state index contributed by atoms with van der Waals surface area (Å²) in [5.74, 6) is 0.297. The SMILES string of the molecule is CCC(C=NNC(=O)Cc1cn2ccsc2n1)CC. The minimum absolute atomic E-state index is 0.132. The van der Waals surface area contributed by atoms with Crippen LogP contribution in [0.25, 0.3) is 4.96 Å². The molecular formula is C13H18N4OS. The molecule has 0 aromatic carbocycles. The highest BCUT2D eigenvalue weighted by Gasteiger charge is 2.07. The summed E-state index contributed by atoms with van der Waals surface area (Å²) in [6.45, 7) is 4.22. The van der Waals surface area contributed by atoms with Gasteiger partial charge in [-0.2, -0.15) is 5.10 Å².